The maximum atomic E-state index is 5.74. The fourth-order valence-electron chi connectivity index (χ4n) is 5.49. The molecule has 4 rings (SSSR count). The van der Waals surface area contributed by atoms with Gasteiger partial charge in [-0.15, -0.1) is 0 Å². The van der Waals surface area contributed by atoms with Crippen molar-refractivity contribution in [3.05, 3.63) is 0 Å². The van der Waals surface area contributed by atoms with Gasteiger partial charge in [0.05, 0.1) is 12.2 Å². The second-order valence-corrected chi connectivity index (χ2v) is 7.56. The predicted molar refractivity (Wildman–Crippen MR) is 68.7 cm³/mol. The average molecular weight is 234 g/mol. The third-order valence-corrected chi connectivity index (χ3v) is 6.49. The largest absolute Gasteiger partial charge is 0.370 e. The fourth-order valence-corrected chi connectivity index (χ4v) is 5.49. The zero-order valence-electron chi connectivity index (χ0n) is 11.2. The molecule has 0 aromatic carbocycles. The molecule has 96 valence electrons. The third-order valence-electron chi connectivity index (χ3n) is 6.49. The maximum Gasteiger partial charge on any atom is 0.0919 e. The Hall–Kier alpha value is -0.0400. The van der Waals surface area contributed by atoms with E-state index in [1.807, 2.05) is 0 Å². The van der Waals surface area contributed by atoms with Gasteiger partial charge < -0.3 is 4.74 Å². The lowest BCUT2D eigenvalue weighted by Crippen LogP contribution is -2.43. The molecule has 1 spiro atoms. The van der Waals surface area contributed by atoms with E-state index in [1.54, 1.807) is 6.42 Å². The molecule has 1 aliphatic heterocycles. The van der Waals surface area contributed by atoms with Gasteiger partial charge in [0.1, 0.15) is 0 Å². The number of hydrogen-bond donors (Lipinski definition) is 0. The highest BCUT2D eigenvalue weighted by Crippen LogP contribution is 2.56. The van der Waals surface area contributed by atoms with Crippen LogP contribution in [0.25, 0.3) is 0 Å². The first-order valence-corrected chi connectivity index (χ1v) is 7.90. The molecule has 3 saturated carbocycles. The molecule has 4 aliphatic rings. The van der Waals surface area contributed by atoms with E-state index in [4.69, 9.17) is 4.74 Å². The molecule has 6 atom stereocenters. The summed E-state index contributed by atoms with van der Waals surface area (Å²) in [7, 11) is 0. The van der Waals surface area contributed by atoms with Crippen molar-refractivity contribution in [2.24, 2.45) is 29.6 Å². The first-order valence-electron chi connectivity index (χ1n) is 7.90. The second kappa shape index (κ2) is 3.73. The van der Waals surface area contributed by atoms with Crippen LogP contribution in [0.3, 0.4) is 0 Å². The van der Waals surface area contributed by atoms with Gasteiger partial charge in [-0.2, -0.15) is 0 Å². The molecule has 0 amide bonds. The van der Waals surface area contributed by atoms with Gasteiger partial charge in [-0.05, 0) is 74.5 Å². The molecule has 1 saturated heterocycles. The standard InChI is InChI=1S/C16H26O/c1-11-2-5-14-12(8-11)3-4-13-9-16(10-17-16)7-6-15(13)14/h11-15H,2-10H2,1H3/t11?,12-,13-,14-,15-,16?/m0/s1. The molecule has 17 heavy (non-hydrogen) atoms. The highest BCUT2D eigenvalue weighted by Gasteiger charge is 2.53. The van der Waals surface area contributed by atoms with Gasteiger partial charge in [0.15, 0.2) is 0 Å². The van der Waals surface area contributed by atoms with Crippen LogP contribution in [-0.4, -0.2) is 12.2 Å². The summed E-state index contributed by atoms with van der Waals surface area (Å²) in [4.78, 5) is 0. The summed E-state index contributed by atoms with van der Waals surface area (Å²) in [6.07, 6.45) is 11.9. The SMILES string of the molecule is CC1CC[C@H]2[C@@H](CC[C@H]3CC4(CC[C@@H]32)CO4)C1. The molecule has 1 heterocycles. The van der Waals surface area contributed by atoms with Crippen LogP contribution in [0.5, 0.6) is 0 Å². The van der Waals surface area contributed by atoms with Gasteiger partial charge >= 0.3 is 0 Å². The van der Waals surface area contributed by atoms with E-state index < -0.39 is 0 Å². The van der Waals surface area contributed by atoms with Crippen molar-refractivity contribution in [2.75, 3.05) is 6.61 Å². The fraction of sp³-hybridized carbons (Fsp3) is 1.00. The van der Waals surface area contributed by atoms with E-state index in [0.29, 0.717) is 5.60 Å². The minimum Gasteiger partial charge on any atom is -0.370 e. The summed E-state index contributed by atoms with van der Waals surface area (Å²) in [5.41, 5.74) is 0.399. The van der Waals surface area contributed by atoms with Crippen LogP contribution < -0.4 is 0 Å². The van der Waals surface area contributed by atoms with Crippen molar-refractivity contribution >= 4 is 0 Å². The summed E-state index contributed by atoms with van der Waals surface area (Å²) in [5.74, 6) is 5.31. The van der Waals surface area contributed by atoms with Gasteiger partial charge in [-0.1, -0.05) is 13.3 Å². The summed E-state index contributed by atoms with van der Waals surface area (Å²) >= 11 is 0. The van der Waals surface area contributed by atoms with Crippen molar-refractivity contribution in [3.8, 4) is 0 Å². The van der Waals surface area contributed by atoms with Crippen molar-refractivity contribution in [3.63, 3.8) is 0 Å². The molecule has 1 nitrogen and oxygen atoms in total. The van der Waals surface area contributed by atoms with E-state index in [0.717, 1.165) is 36.2 Å². The first-order chi connectivity index (χ1) is 8.26. The summed E-state index contributed by atoms with van der Waals surface area (Å²) in [6.45, 7) is 3.55. The van der Waals surface area contributed by atoms with Crippen LogP contribution in [0, 0.1) is 29.6 Å². The van der Waals surface area contributed by atoms with Crippen LogP contribution in [-0.2, 0) is 4.74 Å². The van der Waals surface area contributed by atoms with E-state index in [-0.39, 0.29) is 0 Å². The van der Waals surface area contributed by atoms with E-state index in [2.05, 4.69) is 6.92 Å². The Morgan fingerprint density at radius 3 is 2.53 bits per heavy atom. The van der Waals surface area contributed by atoms with Crippen molar-refractivity contribution in [1.29, 1.82) is 0 Å². The molecule has 0 aromatic heterocycles. The lowest BCUT2D eigenvalue weighted by atomic mass is 9.55. The average Bonchev–Trinajstić information content (AvgIpc) is 3.08. The Balaban J connectivity index is 1.50. The quantitative estimate of drug-likeness (QED) is 0.577. The maximum absolute atomic E-state index is 5.74. The molecule has 0 aromatic rings. The zero-order valence-corrected chi connectivity index (χ0v) is 11.2. The van der Waals surface area contributed by atoms with Crippen molar-refractivity contribution < 1.29 is 4.74 Å². The number of rotatable bonds is 0. The predicted octanol–water partition coefficient (Wildman–Crippen LogP) is 4.02. The molecule has 2 unspecified atom stereocenters. The number of ether oxygens (including phenoxy) is 1. The summed E-state index contributed by atoms with van der Waals surface area (Å²) in [5, 5.41) is 0. The molecular weight excluding hydrogens is 208 g/mol. The Morgan fingerprint density at radius 2 is 1.71 bits per heavy atom. The number of epoxide rings is 1. The number of fused-ring (bicyclic) bond motifs is 3. The van der Waals surface area contributed by atoms with Gasteiger partial charge in [0.25, 0.3) is 0 Å². The first kappa shape index (κ1) is 10.8. The topological polar surface area (TPSA) is 12.5 Å². The Morgan fingerprint density at radius 1 is 0.941 bits per heavy atom. The highest BCUT2D eigenvalue weighted by atomic mass is 16.6. The highest BCUT2D eigenvalue weighted by molar-refractivity contribution is 5.03. The van der Waals surface area contributed by atoms with Gasteiger partial charge in [-0.25, -0.2) is 0 Å². The minimum absolute atomic E-state index is 0.399. The lowest BCUT2D eigenvalue weighted by Gasteiger charge is -2.50. The zero-order chi connectivity index (χ0) is 11.5. The molecule has 0 bridgehead atoms. The van der Waals surface area contributed by atoms with Crippen LogP contribution in [0.2, 0.25) is 0 Å². The third kappa shape index (κ3) is 1.77. The normalized spacial score (nSPS) is 57.4. The van der Waals surface area contributed by atoms with E-state index >= 15 is 0 Å². The summed E-state index contributed by atoms with van der Waals surface area (Å²) < 4.78 is 5.74. The van der Waals surface area contributed by atoms with Crippen molar-refractivity contribution in [2.45, 2.75) is 63.9 Å². The Kier molecular flexibility index (Phi) is 2.38. The molecular formula is C16H26O. The number of hydrogen-bond acceptors (Lipinski definition) is 1. The molecule has 0 radical (unpaired) electrons. The van der Waals surface area contributed by atoms with E-state index in [1.165, 1.54) is 44.9 Å². The monoisotopic (exact) mass is 234 g/mol. The second-order valence-electron chi connectivity index (χ2n) is 7.56. The van der Waals surface area contributed by atoms with Gasteiger partial charge in [-0.3, -0.25) is 0 Å². The van der Waals surface area contributed by atoms with E-state index in [9.17, 15) is 0 Å². The van der Waals surface area contributed by atoms with Gasteiger partial charge in [0.2, 0.25) is 0 Å². The Labute approximate surface area is 105 Å². The molecule has 0 N–H and O–H groups in total. The van der Waals surface area contributed by atoms with Crippen LogP contribution in [0.15, 0.2) is 0 Å². The molecule has 1 heteroatoms. The van der Waals surface area contributed by atoms with Crippen LogP contribution >= 0.6 is 0 Å². The summed E-state index contributed by atoms with van der Waals surface area (Å²) in [6, 6.07) is 0. The minimum atomic E-state index is 0.399. The smallest absolute Gasteiger partial charge is 0.0919 e. The van der Waals surface area contributed by atoms with Crippen LogP contribution in [0.1, 0.15) is 58.3 Å². The molecule has 4 fully saturated rings. The lowest BCUT2D eigenvalue weighted by molar-refractivity contribution is -0.00676. The van der Waals surface area contributed by atoms with Crippen molar-refractivity contribution in [1.82, 2.24) is 0 Å². The Bertz CT molecular complexity index is 307. The van der Waals surface area contributed by atoms with Gasteiger partial charge in [0, 0.05) is 0 Å². The van der Waals surface area contributed by atoms with Crippen LogP contribution in [0.4, 0.5) is 0 Å². The molecule has 3 aliphatic carbocycles.